The lowest BCUT2D eigenvalue weighted by Gasteiger charge is -2.54. The molecule has 1 spiro atoms. The van der Waals surface area contributed by atoms with Crippen molar-refractivity contribution in [1.82, 2.24) is 0 Å². The van der Waals surface area contributed by atoms with E-state index in [1.54, 1.807) is 0 Å². The fraction of sp³-hybridized carbons (Fsp3) is 1.00. The molecular weight excluding hydrogens is 456 g/mol. The molecule has 4 saturated heterocycles. The number of hydrogen-bond donors (Lipinski definition) is 5. The molecule has 6 atom stereocenters. The quantitative estimate of drug-likeness (QED) is 0.224. The van der Waals surface area contributed by atoms with Crippen molar-refractivity contribution in [1.29, 1.82) is 0 Å². The molecular formula is C6H6O18S3. The van der Waals surface area contributed by atoms with Gasteiger partial charge in [0.15, 0.2) is 0 Å². The highest BCUT2D eigenvalue weighted by atomic mass is 32.3. The summed E-state index contributed by atoms with van der Waals surface area (Å²) in [6.45, 7) is 0. The first-order valence-corrected chi connectivity index (χ1v) is 10.1. The average molecular weight is 462 g/mol. The standard InChI is InChI=1S/C6H6O18S3/c7-1-2(20-25(12,13)18-1)3(8)4(9,22-26(14,15)21-3)5(10)6(11,19-2)24-27(16,17)23-5/h1,7-11H/t1?,2-,3+,4+,5+,6-/m0/s1. The van der Waals surface area contributed by atoms with Gasteiger partial charge in [-0.25, -0.2) is 16.7 Å². The molecule has 27 heavy (non-hydrogen) atoms. The Morgan fingerprint density at radius 1 is 0.630 bits per heavy atom. The smallest absolute Gasteiger partial charge is 0.363 e. The molecule has 4 aliphatic heterocycles. The van der Waals surface area contributed by atoms with Crippen LogP contribution in [0.1, 0.15) is 0 Å². The lowest BCUT2D eigenvalue weighted by Crippen LogP contribution is -2.87. The SMILES string of the molecule is O=S1(=O)OC(O)[C@]2(O[C@]3(O)OS(=O)(=O)O[C@]3(O)[C@]3(O)OS(=O)(=O)O[C@]23O)O1. The summed E-state index contributed by atoms with van der Waals surface area (Å²) in [5.74, 6) is -21.5. The predicted molar refractivity (Wildman–Crippen MR) is 62.9 cm³/mol. The van der Waals surface area contributed by atoms with Gasteiger partial charge in [0.25, 0.3) is 0 Å². The second kappa shape index (κ2) is 4.58. The topological polar surface area (TPSA) is 268 Å². The molecule has 0 aliphatic carbocycles. The van der Waals surface area contributed by atoms with Crippen LogP contribution in [0.5, 0.6) is 0 Å². The van der Waals surface area contributed by atoms with Crippen LogP contribution < -0.4 is 0 Å². The van der Waals surface area contributed by atoms with Crippen LogP contribution in [-0.4, -0.2) is 86.2 Å². The first kappa shape index (κ1) is 19.7. The fourth-order valence-electron chi connectivity index (χ4n) is 2.73. The summed E-state index contributed by atoms with van der Waals surface area (Å²) in [5, 5.41) is 51.2. The van der Waals surface area contributed by atoms with Crippen LogP contribution in [0, 0.1) is 0 Å². The van der Waals surface area contributed by atoms with E-state index in [-0.39, 0.29) is 0 Å². The molecule has 18 nitrogen and oxygen atoms in total. The number of hydrogen-bond acceptors (Lipinski definition) is 18. The van der Waals surface area contributed by atoms with Crippen molar-refractivity contribution in [2.45, 2.75) is 35.4 Å². The van der Waals surface area contributed by atoms with E-state index >= 15 is 0 Å². The Hall–Kier alpha value is -0.630. The molecule has 4 aliphatic rings. The van der Waals surface area contributed by atoms with Gasteiger partial charge in [0, 0.05) is 0 Å². The van der Waals surface area contributed by atoms with Gasteiger partial charge in [0.05, 0.1) is 0 Å². The van der Waals surface area contributed by atoms with Crippen molar-refractivity contribution in [3.8, 4) is 0 Å². The zero-order valence-corrected chi connectivity index (χ0v) is 14.3. The Morgan fingerprint density at radius 2 is 1.11 bits per heavy atom. The summed E-state index contributed by atoms with van der Waals surface area (Å²) >= 11 is 0. The molecule has 5 N–H and O–H groups in total. The molecule has 1 unspecified atom stereocenters. The summed E-state index contributed by atoms with van der Waals surface area (Å²) in [5.41, 5.74) is 0. The number of aliphatic hydroxyl groups is 5. The molecule has 0 radical (unpaired) electrons. The van der Waals surface area contributed by atoms with Crippen LogP contribution in [-0.2, 0) is 61.0 Å². The molecule has 0 aromatic heterocycles. The van der Waals surface area contributed by atoms with Gasteiger partial charge >= 0.3 is 60.3 Å². The van der Waals surface area contributed by atoms with Gasteiger partial charge in [0.2, 0.25) is 6.29 Å². The Kier molecular flexibility index (Phi) is 3.34. The van der Waals surface area contributed by atoms with Crippen LogP contribution in [0.2, 0.25) is 0 Å². The maximum Gasteiger partial charge on any atom is 0.407 e. The molecule has 0 bridgehead atoms. The number of ether oxygens (including phenoxy) is 1. The van der Waals surface area contributed by atoms with Gasteiger partial charge in [-0.15, -0.1) is 0 Å². The highest BCUT2D eigenvalue weighted by molar-refractivity contribution is 7.82. The number of fused-ring (bicyclic) bond motifs is 4. The highest BCUT2D eigenvalue weighted by Crippen LogP contribution is 2.64. The molecule has 0 amide bonds. The maximum absolute atomic E-state index is 11.6. The molecule has 0 aromatic rings. The van der Waals surface area contributed by atoms with Crippen molar-refractivity contribution in [2.24, 2.45) is 0 Å². The minimum atomic E-state index is -5.63. The highest BCUT2D eigenvalue weighted by Gasteiger charge is 2.98. The summed E-state index contributed by atoms with van der Waals surface area (Å²) in [7, 11) is -16.5. The predicted octanol–water partition coefficient (Wildman–Crippen LogP) is -6.38. The molecule has 0 saturated carbocycles. The van der Waals surface area contributed by atoms with E-state index in [0.29, 0.717) is 0 Å². The summed E-state index contributed by atoms with van der Waals surface area (Å²) in [6, 6.07) is 0. The summed E-state index contributed by atoms with van der Waals surface area (Å²) in [6.07, 6.45) is -3.16. The molecule has 4 rings (SSSR count). The summed E-state index contributed by atoms with van der Waals surface area (Å²) in [4.78, 5) is 0. The Bertz CT molecular complexity index is 1020. The third kappa shape index (κ3) is 2.04. The molecule has 156 valence electrons. The number of aliphatic hydroxyl groups excluding tert-OH is 1. The van der Waals surface area contributed by atoms with E-state index in [4.69, 9.17) is 0 Å². The minimum absolute atomic E-state index is 3.16. The zero-order chi connectivity index (χ0) is 20.5. The lowest BCUT2D eigenvalue weighted by atomic mass is 9.84. The van der Waals surface area contributed by atoms with Gasteiger partial charge in [-0.3, -0.25) is 4.74 Å². The summed E-state index contributed by atoms with van der Waals surface area (Å²) < 4.78 is 96.8. The van der Waals surface area contributed by atoms with E-state index in [2.05, 4.69) is 29.8 Å². The molecule has 4 heterocycles. The average Bonchev–Trinajstić information content (AvgIpc) is 2.83. The van der Waals surface area contributed by atoms with E-state index < -0.39 is 66.6 Å². The van der Waals surface area contributed by atoms with E-state index in [9.17, 15) is 50.8 Å². The van der Waals surface area contributed by atoms with Crippen molar-refractivity contribution < 1.29 is 80.6 Å². The Balaban J connectivity index is 2.07. The van der Waals surface area contributed by atoms with E-state index in [0.717, 1.165) is 0 Å². The van der Waals surface area contributed by atoms with Gasteiger partial charge in [0.1, 0.15) is 0 Å². The first-order valence-electron chi connectivity index (χ1n) is 6.11. The van der Waals surface area contributed by atoms with Crippen molar-refractivity contribution in [3.63, 3.8) is 0 Å². The van der Waals surface area contributed by atoms with Gasteiger partial charge < -0.3 is 25.5 Å². The van der Waals surface area contributed by atoms with Crippen LogP contribution in [0.15, 0.2) is 0 Å². The second-order valence-corrected chi connectivity index (χ2v) is 8.85. The number of rotatable bonds is 0. The van der Waals surface area contributed by atoms with Crippen molar-refractivity contribution in [3.05, 3.63) is 0 Å². The Morgan fingerprint density at radius 3 is 1.63 bits per heavy atom. The molecule has 4 fully saturated rings. The Labute approximate surface area is 147 Å². The van der Waals surface area contributed by atoms with Crippen LogP contribution in [0.25, 0.3) is 0 Å². The van der Waals surface area contributed by atoms with Crippen molar-refractivity contribution >= 4 is 31.2 Å². The van der Waals surface area contributed by atoms with E-state index in [1.807, 2.05) is 0 Å². The lowest BCUT2D eigenvalue weighted by molar-refractivity contribution is -0.601. The van der Waals surface area contributed by atoms with Crippen LogP contribution in [0.3, 0.4) is 0 Å². The maximum atomic E-state index is 11.6. The monoisotopic (exact) mass is 462 g/mol. The van der Waals surface area contributed by atoms with Gasteiger partial charge in [-0.1, -0.05) is 0 Å². The van der Waals surface area contributed by atoms with Crippen LogP contribution >= 0.6 is 0 Å². The normalized spacial score (nSPS) is 57.4. The molecule has 21 heteroatoms. The van der Waals surface area contributed by atoms with Gasteiger partial charge in [-0.05, 0) is 0 Å². The third-order valence-corrected chi connectivity index (χ3v) is 6.39. The fourth-order valence-corrected chi connectivity index (χ4v) is 5.70. The minimum Gasteiger partial charge on any atom is -0.363 e. The largest absolute Gasteiger partial charge is 0.407 e. The van der Waals surface area contributed by atoms with Crippen molar-refractivity contribution in [2.75, 3.05) is 0 Å². The zero-order valence-electron chi connectivity index (χ0n) is 11.8. The first-order chi connectivity index (χ1) is 11.9. The van der Waals surface area contributed by atoms with Crippen LogP contribution in [0.4, 0.5) is 0 Å². The molecule has 0 aromatic carbocycles. The van der Waals surface area contributed by atoms with E-state index in [1.165, 1.54) is 0 Å². The second-order valence-electron chi connectivity index (χ2n) is 5.37. The third-order valence-electron chi connectivity index (χ3n) is 3.75. The van der Waals surface area contributed by atoms with Gasteiger partial charge in [-0.2, -0.15) is 33.6 Å².